The van der Waals surface area contributed by atoms with E-state index in [9.17, 15) is 9.59 Å². The minimum atomic E-state index is -0.282. The first kappa shape index (κ1) is 20.3. The minimum Gasteiger partial charge on any atom is -0.496 e. The van der Waals surface area contributed by atoms with Crippen LogP contribution in [-0.2, 0) is 13.1 Å². The van der Waals surface area contributed by atoms with E-state index >= 15 is 0 Å². The summed E-state index contributed by atoms with van der Waals surface area (Å²) in [6.45, 7) is 2.54. The Morgan fingerprint density at radius 2 is 1.81 bits per heavy atom. The molecule has 31 heavy (non-hydrogen) atoms. The number of carbonyl (C=O) groups is 1. The average Bonchev–Trinajstić information content (AvgIpc) is 2.80. The van der Waals surface area contributed by atoms with E-state index in [0.29, 0.717) is 41.0 Å². The lowest BCUT2D eigenvalue weighted by atomic mass is 10.1. The molecule has 0 saturated carbocycles. The summed E-state index contributed by atoms with van der Waals surface area (Å²) < 4.78 is 6.96. The number of carbonyl (C=O) groups excluding carboxylic acids is 1. The molecule has 6 heteroatoms. The standard InChI is InChI=1S/C25H23N3O3/c1-17-20(24(29)26-15-19-10-6-7-11-23(19)31-2)14-21-22(27-17)12-13-28(25(21)30)16-18-8-4-3-5-9-18/h3-14H,15-16H2,1-2H3,(H,26,29). The topological polar surface area (TPSA) is 73.2 Å². The molecule has 0 fully saturated rings. The fourth-order valence-electron chi connectivity index (χ4n) is 3.56. The van der Waals surface area contributed by atoms with Crippen LogP contribution >= 0.6 is 0 Å². The zero-order valence-corrected chi connectivity index (χ0v) is 17.5. The number of methoxy groups -OCH3 is 1. The van der Waals surface area contributed by atoms with Crippen molar-refractivity contribution in [1.29, 1.82) is 0 Å². The Morgan fingerprint density at radius 1 is 1.06 bits per heavy atom. The molecule has 0 spiro atoms. The van der Waals surface area contributed by atoms with Crippen LogP contribution in [0.1, 0.15) is 27.2 Å². The highest BCUT2D eigenvalue weighted by Gasteiger charge is 2.15. The Morgan fingerprint density at radius 3 is 2.58 bits per heavy atom. The number of hydrogen-bond acceptors (Lipinski definition) is 4. The minimum absolute atomic E-state index is 0.173. The zero-order chi connectivity index (χ0) is 21.8. The summed E-state index contributed by atoms with van der Waals surface area (Å²) in [4.78, 5) is 30.4. The van der Waals surface area contributed by atoms with Crippen LogP contribution in [0.25, 0.3) is 10.9 Å². The van der Waals surface area contributed by atoms with Crippen molar-refractivity contribution in [3.05, 3.63) is 106 Å². The van der Waals surface area contributed by atoms with Crippen molar-refractivity contribution in [2.45, 2.75) is 20.0 Å². The third kappa shape index (κ3) is 4.33. The van der Waals surface area contributed by atoms with E-state index in [-0.39, 0.29) is 11.5 Å². The molecule has 0 aliphatic rings. The highest BCUT2D eigenvalue weighted by molar-refractivity contribution is 5.98. The van der Waals surface area contributed by atoms with Crippen LogP contribution in [-0.4, -0.2) is 22.6 Å². The maximum Gasteiger partial charge on any atom is 0.260 e. The number of fused-ring (bicyclic) bond motifs is 1. The van der Waals surface area contributed by atoms with Crippen LogP contribution in [0.3, 0.4) is 0 Å². The number of hydrogen-bond donors (Lipinski definition) is 1. The number of benzene rings is 2. The third-order valence-electron chi connectivity index (χ3n) is 5.22. The van der Waals surface area contributed by atoms with Crippen molar-refractivity contribution in [2.24, 2.45) is 0 Å². The van der Waals surface area contributed by atoms with E-state index in [1.807, 2.05) is 60.7 Å². The number of aromatic nitrogens is 2. The molecule has 2 heterocycles. The average molecular weight is 413 g/mol. The van der Waals surface area contributed by atoms with Crippen LogP contribution in [0.4, 0.5) is 0 Å². The molecule has 0 radical (unpaired) electrons. The van der Waals surface area contributed by atoms with Gasteiger partial charge in [-0.25, -0.2) is 0 Å². The highest BCUT2D eigenvalue weighted by Crippen LogP contribution is 2.18. The summed E-state index contributed by atoms with van der Waals surface area (Å²) >= 11 is 0. The molecule has 4 aromatic rings. The predicted octanol–water partition coefficient (Wildman–Crippen LogP) is 3.69. The number of nitrogens with one attached hydrogen (secondary N) is 1. The van der Waals surface area contributed by atoms with Gasteiger partial charge in [-0.1, -0.05) is 48.5 Å². The molecule has 6 nitrogen and oxygen atoms in total. The second-order valence-electron chi connectivity index (χ2n) is 7.28. The van der Waals surface area contributed by atoms with Gasteiger partial charge in [0.25, 0.3) is 11.5 Å². The number of pyridine rings is 2. The lowest BCUT2D eigenvalue weighted by Gasteiger charge is -2.12. The fraction of sp³-hybridized carbons (Fsp3) is 0.160. The highest BCUT2D eigenvalue weighted by atomic mass is 16.5. The number of para-hydroxylation sites is 1. The smallest absolute Gasteiger partial charge is 0.260 e. The SMILES string of the molecule is COc1ccccc1CNC(=O)c1cc2c(=O)n(Cc3ccccc3)ccc2nc1C. The van der Waals surface area contributed by atoms with Gasteiger partial charge in [0, 0.05) is 18.3 Å². The molecule has 0 saturated heterocycles. The maximum atomic E-state index is 13.1. The molecule has 0 atom stereocenters. The normalized spacial score (nSPS) is 10.8. The van der Waals surface area contributed by atoms with Gasteiger partial charge in [0.1, 0.15) is 5.75 Å². The summed E-state index contributed by atoms with van der Waals surface area (Å²) in [5.74, 6) is 0.427. The Labute approximate surface area is 180 Å². The number of ether oxygens (including phenoxy) is 1. The van der Waals surface area contributed by atoms with Crippen molar-refractivity contribution in [2.75, 3.05) is 7.11 Å². The third-order valence-corrected chi connectivity index (χ3v) is 5.22. The predicted molar refractivity (Wildman–Crippen MR) is 120 cm³/mol. The Kier molecular flexibility index (Phi) is 5.80. The van der Waals surface area contributed by atoms with E-state index in [1.54, 1.807) is 30.9 Å². The Balaban J connectivity index is 1.63. The van der Waals surface area contributed by atoms with Gasteiger partial charge in [0.05, 0.1) is 35.8 Å². The van der Waals surface area contributed by atoms with Gasteiger partial charge in [-0.3, -0.25) is 14.6 Å². The summed E-state index contributed by atoms with van der Waals surface area (Å²) in [6.07, 6.45) is 1.74. The number of amides is 1. The molecule has 0 aliphatic heterocycles. The molecule has 2 aromatic carbocycles. The van der Waals surface area contributed by atoms with Gasteiger partial charge in [0.15, 0.2) is 0 Å². The van der Waals surface area contributed by atoms with Gasteiger partial charge in [-0.2, -0.15) is 0 Å². The second-order valence-corrected chi connectivity index (χ2v) is 7.28. The van der Waals surface area contributed by atoms with Crippen molar-refractivity contribution >= 4 is 16.8 Å². The summed E-state index contributed by atoms with van der Waals surface area (Å²) in [5, 5.41) is 3.32. The molecule has 1 N–H and O–H groups in total. The largest absolute Gasteiger partial charge is 0.496 e. The van der Waals surface area contributed by atoms with Crippen LogP contribution in [0.2, 0.25) is 0 Å². The Hall–Kier alpha value is -3.93. The summed E-state index contributed by atoms with van der Waals surface area (Å²) in [7, 11) is 1.60. The van der Waals surface area contributed by atoms with Gasteiger partial charge >= 0.3 is 0 Å². The first-order valence-electron chi connectivity index (χ1n) is 10.0. The second kappa shape index (κ2) is 8.83. The Bertz CT molecular complexity index is 1300. The first-order chi connectivity index (χ1) is 15.1. The van der Waals surface area contributed by atoms with Crippen LogP contribution in [0.5, 0.6) is 5.75 Å². The quantitative estimate of drug-likeness (QED) is 0.523. The molecule has 0 bridgehead atoms. The molecule has 4 rings (SSSR count). The van der Waals surface area contributed by atoms with Gasteiger partial charge in [-0.05, 0) is 30.7 Å². The fourth-order valence-corrected chi connectivity index (χ4v) is 3.56. The maximum absolute atomic E-state index is 13.1. The number of rotatable bonds is 6. The first-order valence-corrected chi connectivity index (χ1v) is 10.0. The van der Waals surface area contributed by atoms with Crippen LogP contribution < -0.4 is 15.6 Å². The molecular formula is C25H23N3O3. The van der Waals surface area contributed by atoms with E-state index in [4.69, 9.17) is 4.74 Å². The summed E-state index contributed by atoms with van der Waals surface area (Å²) in [6, 6.07) is 20.7. The van der Waals surface area contributed by atoms with Crippen molar-refractivity contribution in [3.8, 4) is 5.75 Å². The van der Waals surface area contributed by atoms with E-state index in [1.165, 1.54) is 0 Å². The molecule has 0 unspecified atom stereocenters. The molecular weight excluding hydrogens is 390 g/mol. The monoisotopic (exact) mass is 413 g/mol. The van der Waals surface area contributed by atoms with Gasteiger partial charge in [0.2, 0.25) is 0 Å². The van der Waals surface area contributed by atoms with Gasteiger partial charge < -0.3 is 14.6 Å². The van der Waals surface area contributed by atoms with E-state index < -0.39 is 0 Å². The van der Waals surface area contributed by atoms with E-state index in [0.717, 1.165) is 11.1 Å². The van der Waals surface area contributed by atoms with Crippen molar-refractivity contribution < 1.29 is 9.53 Å². The summed E-state index contributed by atoms with van der Waals surface area (Å²) in [5.41, 5.74) is 3.26. The number of nitrogens with zero attached hydrogens (tertiary/aromatic N) is 2. The zero-order valence-electron chi connectivity index (χ0n) is 17.5. The van der Waals surface area contributed by atoms with Crippen molar-refractivity contribution in [1.82, 2.24) is 14.9 Å². The number of aryl methyl sites for hydroxylation is 1. The van der Waals surface area contributed by atoms with Gasteiger partial charge in [-0.15, -0.1) is 0 Å². The molecule has 0 aliphatic carbocycles. The van der Waals surface area contributed by atoms with E-state index in [2.05, 4.69) is 10.3 Å². The molecule has 2 aromatic heterocycles. The van der Waals surface area contributed by atoms with Crippen LogP contribution in [0.15, 0.2) is 77.7 Å². The molecule has 1 amide bonds. The lowest BCUT2D eigenvalue weighted by molar-refractivity contribution is 0.0950. The van der Waals surface area contributed by atoms with Crippen LogP contribution in [0, 0.1) is 6.92 Å². The molecule has 156 valence electrons. The lowest BCUT2D eigenvalue weighted by Crippen LogP contribution is -2.25. The van der Waals surface area contributed by atoms with Crippen molar-refractivity contribution in [3.63, 3.8) is 0 Å².